The zero-order valence-corrected chi connectivity index (χ0v) is 16.4. The van der Waals surface area contributed by atoms with Gasteiger partial charge in [0.1, 0.15) is 11.3 Å². The van der Waals surface area contributed by atoms with Gasteiger partial charge in [0.15, 0.2) is 11.5 Å². The van der Waals surface area contributed by atoms with Crippen molar-refractivity contribution in [1.29, 1.82) is 0 Å². The van der Waals surface area contributed by atoms with Crippen LogP contribution in [-0.4, -0.2) is 38.0 Å². The molecule has 2 aromatic rings. The average Bonchev–Trinajstić information content (AvgIpc) is 2.71. The van der Waals surface area contributed by atoms with Gasteiger partial charge in [-0.25, -0.2) is 9.69 Å². The molecule has 2 aromatic carbocycles. The first-order valence-electron chi connectivity index (χ1n) is 8.76. The number of benzene rings is 2. The van der Waals surface area contributed by atoms with Gasteiger partial charge in [-0.3, -0.25) is 19.7 Å². The third kappa shape index (κ3) is 4.14. The van der Waals surface area contributed by atoms with Crippen LogP contribution in [0, 0.1) is 0 Å². The monoisotopic (exact) mass is 410 g/mol. The summed E-state index contributed by atoms with van der Waals surface area (Å²) < 4.78 is 15.4. The number of rotatable bonds is 5. The Morgan fingerprint density at radius 3 is 2.43 bits per heavy atom. The van der Waals surface area contributed by atoms with Gasteiger partial charge in [-0.2, -0.15) is 0 Å². The number of imide groups is 2. The van der Waals surface area contributed by atoms with Gasteiger partial charge in [-0.15, -0.1) is 0 Å². The number of nitrogens with zero attached hydrogens (tertiary/aromatic N) is 1. The molecule has 0 radical (unpaired) electrons. The number of hydrogen-bond acceptors (Lipinski definition) is 7. The van der Waals surface area contributed by atoms with Crippen molar-refractivity contribution in [3.8, 4) is 17.2 Å². The maximum atomic E-state index is 13.0. The number of ether oxygens (including phenoxy) is 3. The highest BCUT2D eigenvalue weighted by Crippen LogP contribution is 2.30. The summed E-state index contributed by atoms with van der Waals surface area (Å²) in [5.41, 5.74) is 0.430. The second kappa shape index (κ2) is 8.48. The van der Waals surface area contributed by atoms with Crippen LogP contribution < -0.4 is 24.4 Å². The zero-order chi connectivity index (χ0) is 21.8. The number of urea groups is 1. The minimum Gasteiger partial charge on any atom is -0.497 e. The molecule has 3 rings (SSSR count). The quantitative estimate of drug-likeness (QED) is 0.348. The van der Waals surface area contributed by atoms with E-state index in [0.717, 1.165) is 4.90 Å². The Labute approximate surface area is 171 Å². The molecule has 0 spiro atoms. The van der Waals surface area contributed by atoms with Crippen LogP contribution in [0.2, 0.25) is 0 Å². The summed E-state index contributed by atoms with van der Waals surface area (Å²) in [6.07, 6.45) is 1.32. The van der Waals surface area contributed by atoms with Crippen LogP contribution >= 0.6 is 0 Å². The molecule has 0 atom stereocenters. The van der Waals surface area contributed by atoms with Crippen LogP contribution in [0.25, 0.3) is 6.08 Å². The van der Waals surface area contributed by atoms with E-state index in [1.54, 1.807) is 24.3 Å². The lowest BCUT2D eigenvalue weighted by molar-refractivity contribution is -0.132. The minimum absolute atomic E-state index is 0.194. The van der Waals surface area contributed by atoms with E-state index >= 15 is 0 Å². The molecule has 1 heterocycles. The molecule has 9 nitrogen and oxygen atoms in total. The summed E-state index contributed by atoms with van der Waals surface area (Å²) in [5.74, 6) is -1.26. The normalized spacial score (nSPS) is 15.1. The predicted molar refractivity (Wildman–Crippen MR) is 106 cm³/mol. The van der Waals surface area contributed by atoms with Crippen molar-refractivity contribution in [3.05, 3.63) is 53.6 Å². The lowest BCUT2D eigenvalue weighted by Crippen LogP contribution is -2.54. The number of carbonyl (C=O) groups is 4. The van der Waals surface area contributed by atoms with Gasteiger partial charge >= 0.3 is 12.0 Å². The van der Waals surface area contributed by atoms with Gasteiger partial charge in [-0.1, -0.05) is 12.1 Å². The van der Waals surface area contributed by atoms with Crippen LogP contribution in [0.5, 0.6) is 17.2 Å². The highest BCUT2D eigenvalue weighted by atomic mass is 16.6. The van der Waals surface area contributed by atoms with Crippen molar-refractivity contribution >= 4 is 35.6 Å². The molecule has 1 aliphatic rings. The van der Waals surface area contributed by atoms with E-state index in [1.165, 1.54) is 45.4 Å². The molecule has 154 valence electrons. The summed E-state index contributed by atoms with van der Waals surface area (Å²) >= 11 is 0. The molecule has 0 saturated carbocycles. The Balaban J connectivity index is 1.99. The predicted octanol–water partition coefficient (Wildman–Crippen LogP) is 2.30. The molecular formula is C21H18N2O7. The molecule has 0 bridgehead atoms. The number of amides is 4. The van der Waals surface area contributed by atoms with Gasteiger partial charge in [0, 0.05) is 13.0 Å². The number of esters is 1. The van der Waals surface area contributed by atoms with Crippen LogP contribution in [0.15, 0.2) is 48.0 Å². The molecule has 4 amide bonds. The second-order valence-corrected chi connectivity index (χ2v) is 6.16. The Kier molecular flexibility index (Phi) is 5.82. The standard InChI is InChI=1S/C21H18N2O7/c1-12(24)30-17-8-7-13(10-18(17)29-3)9-16-19(25)22-21(27)23(20(16)26)14-5-4-6-15(11-14)28-2/h4-11H,1-3H3,(H,22,25,27)/b16-9-. The summed E-state index contributed by atoms with van der Waals surface area (Å²) in [6, 6.07) is 9.98. The van der Waals surface area contributed by atoms with Gasteiger partial charge in [0.05, 0.1) is 19.9 Å². The second-order valence-electron chi connectivity index (χ2n) is 6.16. The molecule has 0 unspecified atom stereocenters. The first-order chi connectivity index (χ1) is 14.3. The fraction of sp³-hybridized carbons (Fsp3) is 0.143. The molecule has 0 aliphatic carbocycles. The van der Waals surface area contributed by atoms with Gasteiger partial charge in [-0.05, 0) is 35.9 Å². The van der Waals surface area contributed by atoms with Crippen molar-refractivity contribution in [2.75, 3.05) is 19.1 Å². The Bertz CT molecular complexity index is 1070. The van der Waals surface area contributed by atoms with E-state index in [-0.39, 0.29) is 22.8 Å². The van der Waals surface area contributed by atoms with Crippen molar-refractivity contribution in [2.24, 2.45) is 0 Å². The molecule has 9 heteroatoms. The topological polar surface area (TPSA) is 111 Å². The smallest absolute Gasteiger partial charge is 0.335 e. The van der Waals surface area contributed by atoms with Crippen molar-refractivity contribution in [3.63, 3.8) is 0 Å². The van der Waals surface area contributed by atoms with Crippen molar-refractivity contribution in [2.45, 2.75) is 6.92 Å². The summed E-state index contributed by atoms with van der Waals surface area (Å²) in [5, 5.41) is 2.15. The van der Waals surface area contributed by atoms with Gasteiger partial charge < -0.3 is 14.2 Å². The molecule has 1 N–H and O–H groups in total. The van der Waals surface area contributed by atoms with E-state index in [1.807, 2.05) is 0 Å². The number of carbonyl (C=O) groups excluding carboxylic acids is 4. The van der Waals surface area contributed by atoms with Crippen LogP contribution in [0.1, 0.15) is 12.5 Å². The largest absolute Gasteiger partial charge is 0.497 e. The lowest BCUT2D eigenvalue weighted by atomic mass is 10.1. The first kappa shape index (κ1) is 20.6. The number of barbiturate groups is 1. The van der Waals surface area contributed by atoms with E-state index in [9.17, 15) is 19.2 Å². The van der Waals surface area contributed by atoms with E-state index < -0.39 is 23.8 Å². The summed E-state index contributed by atoms with van der Waals surface area (Å²) in [7, 11) is 2.85. The fourth-order valence-corrected chi connectivity index (χ4v) is 2.82. The average molecular weight is 410 g/mol. The van der Waals surface area contributed by atoms with Gasteiger partial charge in [0.2, 0.25) is 0 Å². The van der Waals surface area contributed by atoms with Crippen molar-refractivity contribution in [1.82, 2.24) is 5.32 Å². The van der Waals surface area contributed by atoms with E-state index in [0.29, 0.717) is 11.3 Å². The molecule has 1 fully saturated rings. The zero-order valence-electron chi connectivity index (χ0n) is 16.4. The Morgan fingerprint density at radius 2 is 1.77 bits per heavy atom. The minimum atomic E-state index is -0.863. The third-order valence-electron chi connectivity index (χ3n) is 4.17. The summed E-state index contributed by atoms with van der Waals surface area (Å²) in [6.45, 7) is 1.25. The van der Waals surface area contributed by atoms with Crippen LogP contribution in [0.3, 0.4) is 0 Å². The van der Waals surface area contributed by atoms with E-state index in [2.05, 4.69) is 5.32 Å². The maximum Gasteiger partial charge on any atom is 0.335 e. The fourth-order valence-electron chi connectivity index (χ4n) is 2.82. The van der Waals surface area contributed by atoms with Crippen LogP contribution in [-0.2, 0) is 14.4 Å². The SMILES string of the molecule is COc1cccc(N2C(=O)NC(=O)/C(=C/c3ccc(OC(C)=O)c(OC)c3)C2=O)c1. The summed E-state index contributed by atoms with van der Waals surface area (Å²) in [4.78, 5) is 49.6. The highest BCUT2D eigenvalue weighted by Gasteiger charge is 2.37. The van der Waals surface area contributed by atoms with E-state index in [4.69, 9.17) is 14.2 Å². The highest BCUT2D eigenvalue weighted by molar-refractivity contribution is 6.39. The lowest BCUT2D eigenvalue weighted by Gasteiger charge is -2.26. The maximum absolute atomic E-state index is 13.0. The molecular weight excluding hydrogens is 392 g/mol. The molecule has 30 heavy (non-hydrogen) atoms. The molecule has 1 saturated heterocycles. The Morgan fingerprint density at radius 1 is 1.00 bits per heavy atom. The number of anilines is 1. The van der Waals surface area contributed by atoms with Crippen molar-refractivity contribution < 1.29 is 33.4 Å². The third-order valence-corrected chi connectivity index (χ3v) is 4.17. The number of hydrogen-bond donors (Lipinski definition) is 1. The number of nitrogens with one attached hydrogen (secondary N) is 1. The van der Waals surface area contributed by atoms with Crippen LogP contribution in [0.4, 0.5) is 10.5 Å². The molecule has 1 aliphatic heterocycles. The first-order valence-corrected chi connectivity index (χ1v) is 8.76. The number of methoxy groups -OCH3 is 2. The van der Waals surface area contributed by atoms with Gasteiger partial charge in [0.25, 0.3) is 11.8 Å². The Hall–Kier alpha value is -4.14. The molecule has 0 aromatic heterocycles.